The highest BCUT2D eigenvalue weighted by Crippen LogP contribution is 2.25. The summed E-state index contributed by atoms with van der Waals surface area (Å²) in [7, 11) is -3.57. The van der Waals surface area contributed by atoms with Crippen LogP contribution in [-0.4, -0.2) is 15.0 Å². The van der Waals surface area contributed by atoms with Crippen LogP contribution in [0.15, 0.2) is 114 Å². The monoisotopic (exact) mass is 441 g/mol. The molecule has 3 nitrogen and oxygen atoms in total. The first-order valence-electron chi connectivity index (χ1n) is 10.8. The molecular weight excluding hydrogens is 414 g/mol. The number of nitrogens with one attached hydrogen (secondary N) is 1. The molecule has 0 fully saturated rings. The Morgan fingerprint density at radius 1 is 0.719 bits per heavy atom. The van der Waals surface area contributed by atoms with Crippen molar-refractivity contribution in [2.45, 2.75) is 24.2 Å². The minimum Gasteiger partial charge on any atom is -0.211 e. The molecule has 0 aliphatic rings. The van der Waals surface area contributed by atoms with Crippen molar-refractivity contribution < 1.29 is 8.42 Å². The van der Waals surface area contributed by atoms with Crippen molar-refractivity contribution in [1.82, 2.24) is 4.72 Å². The van der Waals surface area contributed by atoms with Crippen LogP contribution in [0.3, 0.4) is 0 Å². The Kier molecular flexibility index (Phi) is 6.84. The van der Waals surface area contributed by atoms with E-state index in [1.165, 1.54) is 11.1 Å². The van der Waals surface area contributed by atoms with Crippen molar-refractivity contribution in [2.75, 3.05) is 6.54 Å². The Hall–Kier alpha value is -3.21. The van der Waals surface area contributed by atoms with E-state index < -0.39 is 10.0 Å². The Bertz CT molecular complexity index is 1250. The van der Waals surface area contributed by atoms with E-state index >= 15 is 0 Å². The van der Waals surface area contributed by atoms with Crippen LogP contribution in [0.1, 0.15) is 22.6 Å². The van der Waals surface area contributed by atoms with Crippen LogP contribution in [0.4, 0.5) is 0 Å². The molecule has 0 aliphatic heterocycles. The Morgan fingerprint density at radius 3 is 2.03 bits per heavy atom. The fourth-order valence-corrected chi connectivity index (χ4v) is 4.92. The number of aryl methyl sites for hydroxylation is 1. The summed E-state index contributed by atoms with van der Waals surface area (Å²) in [5, 5.41) is 0. The molecule has 0 aromatic heterocycles. The molecule has 4 rings (SSSR count). The van der Waals surface area contributed by atoms with Crippen LogP contribution in [0.2, 0.25) is 0 Å². The number of hydrogen-bond donors (Lipinski definition) is 1. The second-order valence-electron chi connectivity index (χ2n) is 8.04. The van der Waals surface area contributed by atoms with E-state index in [-0.39, 0.29) is 5.92 Å². The lowest BCUT2D eigenvalue weighted by Crippen LogP contribution is -2.29. The van der Waals surface area contributed by atoms with Gasteiger partial charge in [-0.15, -0.1) is 0 Å². The highest BCUT2D eigenvalue weighted by molar-refractivity contribution is 7.89. The first-order chi connectivity index (χ1) is 15.5. The smallest absolute Gasteiger partial charge is 0.211 e. The normalized spacial score (nSPS) is 12.4. The van der Waals surface area contributed by atoms with E-state index in [2.05, 4.69) is 53.3 Å². The summed E-state index contributed by atoms with van der Waals surface area (Å²) in [4.78, 5) is 0.293. The molecule has 162 valence electrons. The minimum atomic E-state index is -3.57. The van der Waals surface area contributed by atoms with Crippen molar-refractivity contribution in [3.8, 4) is 11.1 Å². The third-order valence-corrected chi connectivity index (χ3v) is 7.08. The van der Waals surface area contributed by atoms with Gasteiger partial charge in [0.25, 0.3) is 0 Å². The topological polar surface area (TPSA) is 46.2 Å². The molecule has 0 saturated carbocycles. The summed E-state index contributed by atoms with van der Waals surface area (Å²) >= 11 is 0. The summed E-state index contributed by atoms with van der Waals surface area (Å²) in [6, 6.07) is 35.8. The van der Waals surface area contributed by atoms with Gasteiger partial charge in [-0.05, 0) is 47.7 Å². The summed E-state index contributed by atoms with van der Waals surface area (Å²) in [5.41, 5.74) is 5.66. The lowest BCUT2D eigenvalue weighted by Gasteiger charge is -2.19. The van der Waals surface area contributed by atoms with Crippen molar-refractivity contribution in [1.29, 1.82) is 0 Å². The lowest BCUT2D eigenvalue weighted by molar-refractivity contribution is 0.568. The SMILES string of the molecule is Cc1ccc(S(=O)(=O)NC[C@H](Cc2cccc(-c3ccccc3)c2)c2ccccc2)cc1. The quantitative estimate of drug-likeness (QED) is 0.366. The molecular formula is C28H27NO2S. The van der Waals surface area contributed by atoms with E-state index in [9.17, 15) is 8.42 Å². The van der Waals surface area contributed by atoms with Gasteiger partial charge in [0.1, 0.15) is 0 Å². The number of hydrogen-bond acceptors (Lipinski definition) is 2. The fourth-order valence-electron chi connectivity index (χ4n) is 3.84. The molecule has 4 aromatic carbocycles. The first-order valence-corrected chi connectivity index (χ1v) is 12.3. The van der Waals surface area contributed by atoms with Gasteiger partial charge in [-0.3, -0.25) is 0 Å². The van der Waals surface area contributed by atoms with Crippen LogP contribution in [0.25, 0.3) is 11.1 Å². The summed E-state index contributed by atoms with van der Waals surface area (Å²) < 4.78 is 28.6. The molecule has 0 bridgehead atoms. The summed E-state index contributed by atoms with van der Waals surface area (Å²) in [5.74, 6) is 0.0162. The molecule has 1 atom stereocenters. The second-order valence-corrected chi connectivity index (χ2v) is 9.81. The Morgan fingerprint density at radius 2 is 1.34 bits per heavy atom. The van der Waals surface area contributed by atoms with Gasteiger partial charge < -0.3 is 0 Å². The molecule has 0 unspecified atom stereocenters. The van der Waals surface area contributed by atoms with E-state index in [1.807, 2.05) is 55.5 Å². The predicted molar refractivity (Wildman–Crippen MR) is 131 cm³/mol. The Labute approximate surface area is 190 Å². The molecule has 0 heterocycles. The molecule has 4 heteroatoms. The summed E-state index contributed by atoms with van der Waals surface area (Å²) in [6.45, 7) is 2.27. The van der Waals surface area contributed by atoms with Crippen LogP contribution >= 0.6 is 0 Å². The average Bonchev–Trinajstić information content (AvgIpc) is 2.83. The van der Waals surface area contributed by atoms with Crippen molar-refractivity contribution in [2.24, 2.45) is 0 Å². The van der Waals surface area contributed by atoms with Gasteiger partial charge in [0.2, 0.25) is 10.0 Å². The molecule has 0 saturated heterocycles. The van der Waals surface area contributed by atoms with E-state index in [0.717, 1.165) is 23.1 Å². The maximum atomic E-state index is 12.9. The van der Waals surface area contributed by atoms with Crippen molar-refractivity contribution >= 4 is 10.0 Å². The third kappa shape index (κ3) is 5.52. The standard InChI is InChI=1S/C28H27NO2S/c1-22-15-17-28(18-16-22)32(30,31)29-21-27(25-12-6-3-7-13-25)20-23-9-8-14-26(19-23)24-10-4-2-5-11-24/h2-19,27,29H,20-21H2,1H3/t27-/m0/s1. The number of rotatable bonds is 8. The van der Waals surface area contributed by atoms with Gasteiger partial charge in [0, 0.05) is 12.5 Å². The van der Waals surface area contributed by atoms with Crippen LogP contribution < -0.4 is 4.72 Å². The molecule has 0 amide bonds. The molecule has 4 aromatic rings. The number of benzene rings is 4. The van der Waals surface area contributed by atoms with E-state index in [4.69, 9.17) is 0 Å². The maximum absolute atomic E-state index is 12.9. The largest absolute Gasteiger partial charge is 0.240 e. The zero-order valence-corrected chi connectivity index (χ0v) is 18.9. The highest BCUT2D eigenvalue weighted by atomic mass is 32.2. The van der Waals surface area contributed by atoms with E-state index in [0.29, 0.717) is 11.4 Å². The van der Waals surface area contributed by atoms with Gasteiger partial charge in [0.15, 0.2) is 0 Å². The van der Waals surface area contributed by atoms with Gasteiger partial charge in [-0.1, -0.05) is 103 Å². The minimum absolute atomic E-state index is 0.0162. The molecule has 0 spiro atoms. The molecule has 1 N–H and O–H groups in total. The Balaban J connectivity index is 1.56. The third-order valence-electron chi connectivity index (χ3n) is 5.64. The van der Waals surface area contributed by atoms with Crippen LogP contribution in [-0.2, 0) is 16.4 Å². The van der Waals surface area contributed by atoms with E-state index in [1.54, 1.807) is 12.1 Å². The van der Waals surface area contributed by atoms with Gasteiger partial charge in [-0.25, -0.2) is 13.1 Å². The van der Waals surface area contributed by atoms with Crippen LogP contribution in [0.5, 0.6) is 0 Å². The molecule has 0 radical (unpaired) electrons. The van der Waals surface area contributed by atoms with Gasteiger partial charge in [-0.2, -0.15) is 0 Å². The highest BCUT2D eigenvalue weighted by Gasteiger charge is 2.19. The lowest BCUT2D eigenvalue weighted by atomic mass is 9.91. The van der Waals surface area contributed by atoms with Crippen LogP contribution in [0, 0.1) is 6.92 Å². The maximum Gasteiger partial charge on any atom is 0.240 e. The molecule has 32 heavy (non-hydrogen) atoms. The van der Waals surface area contributed by atoms with Gasteiger partial charge >= 0.3 is 0 Å². The van der Waals surface area contributed by atoms with Gasteiger partial charge in [0.05, 0.1) is 4.90 Å². The zero-order valence-electron chi connectivity index (χ0n) is 18.1. The second kappa shape index (κ2) is 9.94. The average molecular weight is 442 g/mol. The predicted octanol–water partition coefficient (Wildman–Crippen LogP) is 5.97. The van der Waals surface area contributed by atoms with Crippen molar-refractivity contribution in [3.05, 3.63) is 126 Å². The van der Waals surface area contributed by atoms with Crippen molar-refractivity contribution in [3.63, 3.8) is 0 Å². The molecule has 0 aliphatic carbocycles. The number of sulfonamides is 1. The fraction of sp³-hybridized carbons (Fsp3) is 0.143. The zero-order chi connectivity index (χ0) is 22.4. The summed E-state index contributed by atoms with van der Waals surface area (Å²) in [6.07, 6.45) is 0.737. The first kappa shape index (κ1) is 22.0.